The second-order valence-corrected chi connectivity index (χ2v) is 14.3. The Balaban J connectivity index is 1.63. The van der Waals surface area contributed by atoms with Crippen LogP contribution < -0.4 is 5.56 Å². The molecule has 3 heterocycles. The van der Waals surface area contributed by atoms with E-state index in [4.69, 9.17) is 56.9 Å². The number of fused-ring (bicyclic) bond motifs is 3. The molecule has 0 saturated carbocycles. The van der Waals surface area contributed by atoms with Gasteiger partial charge < -0.3 is 23.7 Å². The molecule has 1 aliphatic rings. The Labute approximate surface area is 340 Å². The van der Waals surface area contributed by atoms with E-state index < -0.39 is 66.4 Å². The van der Waals surface area contributed by atoms with Gasteiger partial charge in [-0.05, 0) is 71.9 Å². The van der Waals surface area contributed by atoms with Gasteiger partial charge in [0.25, 0.3) is 5.56 Å². The van der Waals surface area contributed by atoms with Crippen LogP contribution >= 0.6 is 23.2 Å². The third-order valence-electron chi connectivity index (χ3n) is 9.05. The highest BCUT2D eigenvalue weighted by atomic mass is 35.5. The van der Waals surface area contributed by atoms with E-state index in [9.17, 15) is 24.0 Å². The van der Waals surface area contributed by atoms with Crippen molar-refractivity contribution in [2.45, 2.75) is 78.3 Å². The van der Waals surface area contributed by atoms with E-state index in [-0.39, 0.29) is 22.6 Å². The lowest BCUT2D eigenvalue weighted by Crippen LogP contribution is -2.50. The minimum Gasteiger partial charge on any atom is -0.462 e. The Morgan fingerprint density at radius 2 is 1.38 bits per heavy atom. The molecule has 0 radical (unpaired) electrons. The lowest BCUT2D eigenvalue weighted by molar-refractivity contribution is -0.204. The first-order valence-corrected chi connectivity index (χ1v) is 18.7. The van der Waals surface area contributed by atoms with Gasteiger partial charge in [0.05, 0.1) is 11.1 Å². The summed E-state index contributed by atoms with van der Waals surface area (Å²) in [6.07, 6.45) is -3.06. The van der Waals surface area contributed by atoms with Crippen molar-refractivity contribution in [3.8, 4) is 11.1 Å². The number of carbonyl (C=O) groups excluding carboxylic acids is 5. The zero-order valence-electron chi connectivity index (χ0n) is 31.9. The number of halogens is 2. The van der Waals surface area contributed by atoms with Gasteiger partial charge in [-0.3, -0.25) is 28.8 Å². The Morgan fingerprint density at radius 1 is 0.776 bits per heavy atom. The van der Waals surface area contributed by atoms with Crippen molar-refractivity contribution in [1.29, 1.82) is 0 Å². The molecular formula is C40H37Cl2N5O11. The number of nitrogens with one attached hydrogen (secondary N) is 1. The smallest absolute Gasteiger partial charge is 0.303 e. The maximum absolute atomic E-state index is 15.1. The standard InChI is InChI=1S/C40H37Cl2N5O11/c1-19(48)54-18-30(55-20(2)49)34(56-21(3)50)35(57-22(4)51)36(58-23(5)52)38-45-46-40-44-37-32(39(53)47(38)40)31(25-11-15-28(42)16-12-25)29-8-6-7-26(33(29)43-37)17-24-9-13-27(41)14-10-24/h9-17,30,34-36H,6-8,18H2,1-5H3,(H,43,44,46)/b26-17+/t30-,34-,35+,36-/m1/s1. The number of hydrogen-bond acceptors (Lipinski definition) is 14. The van der Waals surface area contributed by atoms with Crippen LogP contribution in [0.2, 0.25) is 10.0 Å². The van der Waals surface area contributed by atoms with Crippen LogP contribution in [0.15, 0.2) is 53.3 Å². The Bertz CT molecular complexity index is 2520. The highest BCUT2D eigenvalue weighted by Crippen LogP contribution is 2.40. The average molecular weight is 835 g/mol. The normalized spacial score (nSPS) is 15.2. The Kier molecular flexibility index (Phi) is 12.6. The minimum absolute atomic E-state index is 0.0717. The molecule has 0 amide bonds. The summed E-state index contributed by atoms with van der Waals surface area (Å²) in [5, 5.41) is 8.15. The fourth-order valence-corrected chi connectivity index (χ4v) is 7.15. The molecule has 1 aliphatic carbocycles. The number of hydrogen-bond donors (Lipinski definition) is 1. The molecule has 0 bridgehead atoms. The SMILES string of the molecule is CC(=O)OC[C@@H](OC(C)=O)[C@@H](OC(C)=O)[C@H](OC(C)=O)[C@@H](OC(C)=O)c1n[nH]c2nc3nc4c(c(-c5ccc(Cl)cc5)c3c(=O)n12)CCC/C4=C\c1ccc(Cl)cc1. The predicted molar refractivity (Wildman–Crippen MR) is 209 cm³/mol. The maximum Gasteiger partial charge on any atom is 0.303 e. The minimum atomic E-state index is -1.85. The molecule has 302 valence electrons. The number of ether oxygens (including phenoxy) is 5. The van der Waals surface area contributed by atoms with Gasteiger partial charge in [0.15, 0.2) is 29.8 Å². The topological polar surface area (TPSA) is 207 Å². The lowest BCUT2D eigenvalue weighted by Gasteiger charge is -2.34. The molecule has 3 aromatic heterocycles. The largest absolute Gasteiger partial charge is 0.462 e. The van der Waals surface area contributed by atoms with Crippen LogP contribution in [0.1, 0.15) is 76.2 Å². The highest BCUT2D eigenvalue weighted by molar-refractivity contribution is 6.31. The summed E-state index contributed by atoms with van der Waals surface area (Å²) >= 11 is 12.5. The molecule has 0 spiro atoms. The average Bonchev–Trinajstić information content (AvgIpc) is 3.58. The van der Waals surface area contributed by atoms with E-state index in [1.165, 1.54) is 0 Å². The fraction of sp³-hybridized carbons (Fsp3) is 0.325. The van der Waals surface area contributed by atoms with E-state index in [1.807, 2.05) is 18.2 Å². The summed E-state index contributed by atoms with van der Waals surface area (Å²) in [4.78, 5) is 86.9. The molecule has 0 fully saturated rings. The number of H-pyrrole nitrogens is 1. The van der Waals surface area contributed by atoms with E-state index in [0.717, 1.165) is 62.1 Å². The number of allylic oxidation sites excluding steroid dienone is 1. The number of pyridine rings is 1. The second-order valence-electron chi connectivity index (χ2n) is 13.4. The Morgan fingerprint density at radius 3 is 1.98 bits per heavy atom. The van der Waals surface area contributed by atoms with Crippen molar-refractivity contribution < 1.29 is 47.7 Å². The fourth-order valence-electron chi connectivity index (χ4n) is 6.90. The van der Waals surface area contributed by atoms with Crippen LogP contribution in [0.25, 0.3) is 39.6 Å². The number of esters is 5. The zero-order chi connectivity index (χ0) is 41.8. The van der Waals surface area contributed by atoms with Crippen molar-refractivity contribution in [3.05, 3.63) is 91.6 Å². The van der Waals surface area contributed by atoms with Crippen molar-refractivity contribution in [1.82, 2.24) is 24.6 Å². The molecule has 0 aliphatic heterocycles. The number of rotatable bonds is 12. The summed E-state index contributed by atoms with van der Waals surface area (Å²) in [5.41, 5.74) is 3.80. The number of aromatic amines is 1. The molecule has 2 aromatic carbocycles. The Hall–Kier alpha value is -6.13. The quantitative estimate of drug-likeness (QED) is 0.117. The lowest BCUT2D eigenvalue weighted by atomic mass is 9.84. The molecule has 18 heteroatoms. The van der Waals surface area contributed by atoms with Gasteiger partial charge in [0, 0.05) is 50.2 Å². The molecule has 0 unspecified atom stereocenters. The van der Waals surface area contributed by atoms with Crippen molar-refractivity contribution in [2.24, 2.45) is 0 Å². The monoisotopic (exact) mass is 833 g/mol. The summed E-state index contributed by atoms with van der Waals surface area (Å²) in [5.74, 6) is -4.95. The number of carbonyl (C=O) groups is 5. The predicted octanol–water partition coefficient (Wildman–Crippen LogP) is 5.78. The molecule has 0 saturated heterocycles. The van der Waals surface area contributed by atoms with Crippen LogP contribution in [0, 0.1) is 0 Å². The highest BCUT2D eigenvalue weighted by Gasteiger charge is 2.46. The molecule has 5 aromatic rings. The molecular weight excluding hydrogens is 797 g/mol. The van der Waals surface area contributed by atoms with Crippen LogP contribution in [0.5, 0.6) is 0 Å². The van der Waals surface area contributed by atoms with E-state index in [0.29, 0.717) is 39.7 Å². The van der Waals surface area contributed by atoms with Gasteiger partial charge in [0.2, 0.25) is 11.9 Å². The summed E-state index contributed by atoms with van der Waals surface area (Å²) < 4.78 is 28.4. The van der Waals surface area contributed by atoms with E-state index in [1.54, 1.807) is 36.4 Å². The van der Waals surface area contributed by atoms with Gasteiger partial charge in [-0.2, -0.15) is 10.1 Å². The van der Waals surface area contributed by atoms with E-state index >= 15 is 4.79 Å². The molecule has 16 nitrogen and oxygen atoms in total. The molecule has 4 atom stereocenters. The number of nitrogens with zero attached hydrogens (tertiary/aromatic N) is 4. The maximum atomic E-state index is 15.1. The first-order chi connectivity index (χ1) is 27.6. The van der Waals surface area contributed by atoms with Crippen LogP contribution in [-0.4, -0.2) is 79.3 Å². The third kappa shape index (κ3) is 9.19. The van der Waals surface area contributed by atoms with Gasteiger partial charge in [-0.25, -0.2) is 14.5 Å². The number of benzene rings is 2. The van der Waals surface area contributed by atoms with Crippen LogP contribution in [0.4, 0.5) is 0 Å². The van der Waals surface area contributed by atoms with Crippen molar-refractivity contribution >= 4 is 81.5 Å². The molecule has 58 heavy (non-hydrogen) atoms. The van der Waals surface area contributed by atoms with Gasteiger partial charge in [-0.15, -0.1) is 0 Å². The first-order valence-electron chi connectivity index (χ1n) is 18.0. The van der Waals surface area contributed by atoms with Crippen molar-refractivity contribution in [2.75, 3.05) is 6.61 Å². The first kappa shape index (κ1) is 41.5. The summed E-state index contributed by atoms with van der Waals surface area (Å²) in [7, 11) is 0. The van der Waals surface area contributed by atoms with Gasteiger partial charge >= 0.3 is 29.8 Å². The molecule has 1 N–H and O–H groups in total. The number of aromatic nitrogens is 5. The second kappa shape index (κ2) is 17.6. The molecule has 6 rings (SSSR count). The van der Waals surface area contributed by atoms with E-state index in [2.05, 4.69) is 10.2 Å². The van der Waals surface area contributed by atoms with Gasteiger partial charge in [0.1, 0.15) is 6.61 Å². The summed E-state index contributed by atoms with van der Waals surface area (Å²) in [6.45, 7) is 4.59. The van der Waals surface area contributed by atoms with Crippen LogP contribution in [-0.2, 0) is 54.1 Å². The third-order valence-corrected chi connectivity index (χ3v) is 9.55. The van der Waals surface area contributed by atoms with Crippen molar-refractivity contribution in [3.63, 3.8) is 0 Å². The zero-order valence-corrected chi connectivity index (χ0v) is 33.4. The summed E-state index contributed by atoms with van der Waals surface area (Å²) in [6, 6.07) is 14.3. The van der Waals surface area contributed by atoms with Gasteiger partial charge in [-0.1, -0.05) is 47.5 Å². The van der Waals surface area contributed by atoms with Crippen LogP contribution in [0.3, 0.4) is 0 Å².